The van der Waals surface area contributed by atoms with Gasteiger partial charge in [0, 0.05) is 40.7 Å². The fourth-order valence-corrected chi connectivity index (χ4v) is 2.80. The monoisotopic (exact) mass is 393 g/mol. The lowest BCUT2D eigenvalue weighted by Crippen LogP contribution is -2.53. The summed E-state index contributed by atoms with van der Waals surface area (Å²) in [6, 6.07) is 3.35. The molecule has 0 radical (unpaired) electrons. The number of fused-ring (bicyclic) bond motifs is 1. The van der Waals surface area contributed by atoms with E-state index < -0.39 is 24.2 Å². The zero-order valence-corrected chi connectivity index (χ0v) is 15.1. The summed E-state index contributed by atoms with van der Waals surface area (Å²) in [6.07, 6.45) is 1.61. The van der Waals surface area contributed by atoms with Gasteiger partial charge < -0.3 is 15.5 Å². The number of nitrogens with one attached hydrogen (secondary N) is 2. The largest absolute Gasteiger partial charge is 0.495 e. The number of carbonyl (C=O) groups excluding carboxylic acids is 1. The number of ether oxygens (including phenoxy) is 1. The Kier molecular flexibility index (Phi) is 4.99. The average molecular weight is 393 g/mol. The van der Waals surface area contributed by atoms with E-state index in [9.17, 15) is 18.0 Å². The molecule has 10 heteroatoms. The number of amides is 1. The Morgan fingerprint density at radius 1 is 1.29 bits per heavy atom. The van der Waals surface area contributed by atoms with Gasteiger partial charge in [-0.25, -0.2) is 4.98 Å². The molecule has 1 amide bonds. The highest BCUT2D eigenvalue weighted by atomic mass is 19.4. The molecular formula is C18H18F3N5O2. The maximum absolute atomic E-state index is 12.7. The van der Waals surface area contributed by atoms with Gasteiger partial charge in [0.15, 0.2) is 0 Å². The smallest absolute Gasteiger partial charge is 0.401 e. The third-order valence-corrected chi connectivity index (χ3v) is 4.50. The molecule has 0 aliphatic carbocycles. The molecule has 28 heavy (non-hydrogen) atoms. The minimum absolute atomic E-state index is 0.215. The molecule has 0 spiro atoms. The lowest BCUT2D eigenvalue weighted by molar-refractivity contribution is -0.135. The quantitative estimate of drug-likeness (QED) is 0.597. The van der Waals surface area contributed by atoms with Gasteiger partial charge in [0.25, 0.3) is 0 Å². The van der Waals surface area contributed by atoms with Crippen LogP contribution in [0.25, 0.3) is 22.2 Å². The topological polar surface area (TPSA) is 106 Å². The molecule has 3 aromatic heterocycles. The molecule has 0 aromatic carbocycles. The summed E-state index contributed by atoms with van der Waals surface area (Å²) in [5, 5.41) is 2.94. The Hall–Kier alpha value is -3.14. The molecule has 0 unspecified atom stereocenters. The number of halogens is 3. The third kappa shape index (κ3) is 3.77. The van der Waals surface area contributed by atoms with Gasteiger partial charge in [0.05, 0.1) is 19.9 Å². The van der Waals surface area contributed by atoms with Crippen LogP contribution in [0.4, 0.5) is 13.2 Å². The number of aromatic amines is 1. The highest BCUT2D eigenvalue weighted by Crippen LogP contribution is 2.32. The number of carbonyl (C=O) groups is 1. The van der Waals surface area contributed by atoms with Crippen molar-refractivity contribution in [3.8, 4) is 16.9 Å². The van der Waals surface area contributed by atoms with Crippen LogP contribution in [0.2, 0.25) is 0 Å². The highest BCUT2D eigenvalue weighted by Gasteiger charge is 2.38. The maximum Gasteiger partial charge on any atom is 0.401 e. The number of nitrogens with two attached hydrogens (primary N) is 1. The molecule has 0 bridgehead atoms. The second-order valence-electron chi connectivity index (χ2n) is 6.39. The zero-order valence-electron chi connectivity index (χ0n) is 15.1. The van der Waals surface area contributed by atoms with Gasteiger partial charge in [-0.1, -0.05) is 0 Å². The van der Waals surface area contributed by atoms with Crippen LogP contribution in [-0.4, -0.2) is 40.7 Å². The predicted octanol–water partition coefficient (Wildman–Crippen LogP) is 2.49. The summed E-state index contributed by atoms with van der Waals surface area (Å²) in [7, 11) is 1.52. The highest BCUT2D eigenvalue weighted by molar-refractivity contribution is 5.94. The maximum atomic E-state index is 12.7. The number of methoxy groups -OCH3 is 1. The van der Waals surface area contributed by atoms with Gasteiger partial charge >= 0.3 is 6.18 Å². The van der Waals surface area contributed by atoms with Gasteiger partial charge in [-0.15, -0.1) is 0 Å². The lowest BCUT2D eigenvalue weighted by Gasteiger charge is -2.28. The normalized spacial score (nSPS) is 14.0. The van der Waals surface area contributed by atoms with Gasteiger partial charge in [0.1, 0.15) is 16.9 Å². The molecule has 1 atom stereocenters. The van der Waals surface area contributed by atoms with Crippen molar-refractivity contribution >= 4 is 16.9 Å². The second kappa shape index (κ2) is 7.12. The Balaban J connectivity index is 2.05. The fourth-order valence-electron chi connectivity index (χ4n) is 2.80. The number of pyridine rings is 2. The summed E-state index contributed by atoms with van der Waals surface area (Å²) >= 11 is 0. The molecular weight excluding hydrogens is 375 g/mol. The Morgan fingerprint density at radius 3 is 2.68 bits per heavy atom. The number of nitrogens with zero attached hydrogens (tertiary/aromatic N) is 2. The molecule has 4 N–H and O–H groups in total. The predicted molar refractivity (Wildman–Crippen MR) is 96.5 cm³/mol. The molecule has 3 rings (SSSR count). The zero-order chi connectivity index (χ0) is 20.5. The minimum Gasteiger partial charge on any atom is -0.495 e. The first-order valence-electron chi connectivity index (χ1n) is 8.23. The molecule has 0 saturated carbocycles. The van der Waals surface area contributed by atoms with E-state index in [1.54, 1.807) is 24.5 Å². The number of aromatic nitrogens is 3. The van der Waals surface area contributed by atoms with Crippen molar-refractivity contribution in [1.82, 2.24) is 20.3 Å². The van der Waals surface area contributed by atoms with Crippen molar-refractivity contribution in [2.45, 2.75) is 18.6 Å². The van der Waals surface area contributed by atoms with Crippen LogP contribution in [0, 0.1) is 0 Å². The summed E-state index contributed by atoms with van der Waals surface area (Å²) in [5.41, 5.74) is 5.76. The van der Waals surface area contributed by atoms with E-state index in [0.29, 0.717) is 22.5 Å². The van der Waals surface area contributed by atoms with Crippen molar-refractivity contribution in [3.63, 3.8) is 0 Å². The molecule has 7 nitrogen and oxygen atoms in total. The average Bonchev–Trinajstić information content (AvgIpc) is 3.08. The minimum atomic E-state index is -4.50. The van der Waals surface area contributed by atoms with Crippen LogP contribution in [-0.2, 0) is 10.3 Å². The van der Waals surface area contributed by atoms with Crippen LogP contribution in [0.3, 0.4) is 0 Å². The summed E-state index contributed by atoms with van der Waals surface area (Å²) in [6.45, 7) is -0.0768. The van der Waals surface area contributed by atoms with Crippen molar-refractivity contribution < 1.29 is 22.7 Å². The number of primary amides is 1. The van der Waals surface area contributed by atoms with Crippen LogP contribution < -0.4 is 15.8 Å². The number of hydrogen-bond acceptors (Lipinski definition) is 5. The van der Waals surface area contributed by atoms with Gasteiger partial charge in [-0.05, 0) is 19.1 Å². The standard InChI is InChI=1S/C18H18F3N5O2/c1-17(16(22)27,26-9-18(19,20)21)11-3-10(5-23-6-11)14-8-25-15-13(14)4-12(28-2)7-24-15/h3-8,26H,9H2,1-2H3,(H2,22,27)(H,24,25)/t17-/m0/s1. The third-order valence-electron chi connectivity index (χ3n) is 4.50. The van der Waals surface area contributed by atoms with Gasteiger partial charge in [-0.3, -0.25) is 15.1 Å². The number of hydrogen-bond donors (Lipinski definition) is 3. The molecule has 0 aliphatic rings. The Morgan fingerprint density at radius 2 is 2.04 bits per heavy atom. The van der Waals surface area contributed by atoms with Gasteiger partial charge in [-0.2, -0.15) is 13.2 Å². The first-order valence-corrected chi connectivity index (χ1v) is 8.23. The molecule has 0 aliphatic heterocycles. The van der Waals surface area contributed by atoms with E-state index in [4.69, 9.17) is 10.5 Å². The van der Waals surface area contributed by atoms with Crippen molar-refractivity contribution in [2.24, 2.45) is 5.73 Å². The van der Waals surface area contributed by atoms with E-state index in [-0.39, 0.29) is 5.56 Å². The lowest BCUT2D eigenvalue weighted by atomic mass is 9.90. The van der Waals surface area contributed by atoms with E-state index in [0.717, 1.165) is 5.39 Å². The van der Waals surface area contributed by atoms with E-state index in [2.05, 4.69) is 20.3 Å². The summed E-state index contributed by atoms with van der Waals surface area (Å²) in [5.74, 6) is -0.399. The van der Waals surface area contributed by atoms with Crippen LogP contribution in [0.15, 0.2) is 36.9 Å². The number of alkyl halides is 3. The van der Waals surface area contributed by atoms with Crippen LogP contribution in [0.5, 0.6) is 5.75 Å². The van der Waals surface area contributed by atoms with E-state index >= 15 is 0 Å². The summed E-state index contributed by atoms with van der Waals surface area (Å²) in [4.78, 5) is 23.3. The fraction of sp³-hybridized carbons (Fsp3) is 0.278. The molecule has 0 saturated heterocycles. The molecule has 148 valence electrons. The Bertz CT molecular complexity index is 1020. The first-order chi connectivity index (χ1) is 13.1. The molecule has 3 aromatic rings. The Labute approximate surface area is 158 Å². The van der Waals surface area contributed by atoms with Crippen molar-refractivity contribution in [3.05, 3.63) is 42.5 Å². The van der Waals surface area contributed by atoms with Crippen molar-refractivity contribution in [1.29, 1.82) is 0 Å². The van der Waals surface area contributed by atoms with Gasteiger partial charge in [0.2, 0.25) is 5.91 Å². The van der Waals surface area contributed by atoms with E-state index in [1.807, 2.05) is 0 Å². The SMILES string of the molecule is COc1cnc2[nH]cc(-c3cncc([C@](C)(NCC(F)(F)F)C(N)=O)c3)c2c1. The summed E-state index contributed by atoms with van der Waals surface area (Å²) < 4.78 is 43.2. The molecule has 3 heterocycles. The number of H-pyrrole nitrogens is 1. The number of rotatable bonds is 6. The van der Waals surface area contributed by atoms with Crippen LogP contribution in [0.1, 0.15) is 12.5 Å². The van der Waals surface area contributed by atoms with Crippen LogP contribution >= 0.6 is 0 Å². The first kappa shape index (κ1) is 19.6. The van der Waals surface area contributed by atoms with E-state index in [1.165, 1.54) is 26.4 Å². The van der Waals surface area contributed by atoms with Crippen molar-refractivity contribution in [2.75, 3.05) is 13.7 Å². The second-order valence-corrected chi connectivity index (χ2v) is 6.39. The molecule has 0 fully saturated rings.